The van der Waals surface area contributed by atoms with Crippen LogP contribution in [0.3, 0.4) is 0 Å². The minimum atomic E-state index is -0.835. The number of fused-ring (bicyclic) bond motifs is 1. The first-order chi connectivity index (χ1) is 9.16. The number of rotatable bonds is 2. The maximum Gasteiger partial charge on any atom is 0.322 e. The Balaban J connectivity index is 1.99. The van der Waals surface area contributed by atoms with Gasteiger partial charge in [-0.25, -0.2) is 4.98 Å². The molecule has 0 saturated carbocycles. The van der Waals surface area contributed by atoms with E-state index in [1.54, 1.807) is 6.33 Å². The first-order valence-corrected chi connectivity index (χ1v) is 6.27. The molecule has 19 heavy (non-hydrogen) atoms. The Morgan fingerprint density at radius 3 is 3.00 bits per heavy atom. The molecule has 1 fully saturated rings. The summed E-state index contributed by atoms with van der Waals surface area (Å²) in [5.41, 5.74) is 2.88. The van der Waals surface area contributed by atoms with Crippen LogP contribution in [-0.2, 0) is 11.8 Å². The number of imidazole rings is 1. The molecule has 1 aliphatic rings. The first kappa shape index (κ1) is 12.1. The van der Waals surface area contributed by atoms with Crippen molar-refractivity contribution in [3.05, 3.63) is 30.1 Å². The van der Waals surface area contributed by atoms with Crippen LogP contribution in [0.25, 0.3) is 11.0 Å². The Morgan fingerprint density at radius 1 is 1.42 bits per heavy atom. The summed E-state index contributed by atoms with van der Waals surface area (Å²) in [5, 5.41) is 15.6. The number of carbonyl (C=O) groups is 1. The molecule has 6 heteroatoms. The molecule has 100 valence electrons. The molecule has 1 saturated heterocycles. The molecule has 2 heterocycles. The lowest BCUT2D eigenvalue weighted by Gasteiger charge is -2.31. The molecule has 0 bridgehead atoms. The SMILES string of the molecule is Cn1cnc2cc(C3NCCNC3C(=O)O)ccc21. The standard InChI is InChI=1S/C13H16N4O2/c1-17-7-16-9-6-8(2-3-10(9)17)11-12(13(18)19)15-5-4-14-11/h2-3,6-7,11-12,14-15H,4-5H2,1H3,(H,18,19). The number of aromatic nitrogens is 2. The minimum Gasteiger partial charge on any atom is -0.480 e. The van der Waals surface area contributed by atoms with Crippen molar-refractivity contribution in [2.75, 3.05) is 13.1 Å². The fourth-order valence-corrected chi connectivity index (χ4v) is 2.58. The predicted molar refractivity (Wildman–Crippen MR) is 70.9 cm³/mol. The van der Waals surface area contributed by atoms with Crippen LogP contribution in [0.5, 0.6) is 0 Å². The number of piperazine rings is 1. The van der Waals surface area contributed by atoms with Crippen LogP contribution in [0.1, 0.15) is 11.6 Å². The highest BCUT2D eigenvalue weighted by atomic mass is 16.4. The normalized spacial score (nSPS) is 23.6. The van der Waals surface area contributed by atoms with Gasteiger partial charge in [0, 0.05) is 20.1 Å². The quantitative estimate of drug-likeness (QED) is 0.722. The smallest absolute Gasteiger partial charge is 0.322 e. The fourth-order valence-electron chi connectivity index (χ4n) is 2.58. The number of nitrogens with one attached hydrogen (secondary N) is 2. The van der Waals surface area contributed by atoms with Gasteiger partial charge in [0.15, 0.2) is 0 Å². The van der Waals surface area contributed by atoms with Crippen molar-refractivity contribution < 1.29 is 9.90 Å². The molecule has 1 aromatic heterocycles. The topological polar surface area (TPSA) is 79.2 Å². The molecule has 1 aromatic carbocycles. The third-order valence-corrected chi connectivity index (χ3v) is 3.56. The molecule has 6 nitrogen and oxygen atoms in total. The zero-order chi connectivity index (χ0) is 13.4. The molecule has 0 radical (unpaired) electrons. The summed E-state index contributed by atoms with van der Waals surface area (Å²) in [6.07, 6.45) is 1.76. The number of hydrogen-bond donors (Lipinski definition) is 3. The van der Waals surface area contributed by atoms with Gasteiger partial charge in [-0.05, 0) is 17.7 Å². The van der Waals surface area contributed by atoms with E-state index in [2.05, 4.69) is 15.6 Å². The van der Waals surface area contributed by atoms with E-state index in [0.29, 0.717) is 6.54 Å². The first-order valence-electron chi connectivity index (χ1n) is 6.27. The van der Waals surface area contributed by atoms with Gasteiger partial charge in [-0.3, -0.25) is 4.79 Å². The average Bonchev–Trinajstić information content (AvgIpc) is 2.80. The second-order valence-corrected chi connectivity index (χ2v) is 4.81. The van der Waals surface area contributed by atoms with Gasteiger partial charge in [-0.2, -0.15) is 0 Å². The van der Waals surface area contributed by atoms with Gasteiger partial charge in [-0.15, -0.1) is 0 Å². The summed E-state index contributed by atoms with van der Waals surface area (Å²) in [4.78, 5) is 15.6. The van der Waals surface area contributed by atoms with E-state index in [9.17, 15) is 9.90 Å². The highest BCUT2D eigenvalue weighted by molar-refractivity contribution is 5.78. The van der Waals surface area contributed by atoms with E-state index in [-0.39, 0.29) is 6.04 Å². The summed E-state index contributed by atoms with van der Waals surface area (Å²) in [7, 11) is 1.94. The lowest BCUT2D eigenvalue weighted by atomic mass is 9.97. The molecule has 0 amide bonds. The molecule has 0 spiro atoms. The van der Waals surface area contributed by atoms with Crippen molar-refractivity contribution in [3.63, 3.8) is 0 Å². The van der Waals surface area contributed by atoms with Crippen LogP contribution >= 0.6 is 0 Å². The van der Waals surface area contributed by atoms with E-state index < -0.39 is 12.0 Å². The molecular formula is C13H16N4O2. The number of carboxylic acid groups (broad SMARTS) is 1. The van der Waals surface area contributed by atoms with Crippen LogP contribution in [0.2, 0.25) is 0 Å². The third kappa shape index (κ3) is 2.09. The largest absolute Gasteiger partial charge is 0.480 e. The molecular weight excluding hydrogens is 244 g/mol. The van der Waals surface area contributed by atoms with Crippen molar-refractivity contribution in [2.24, 2.45) is 7.05 Å². The van der Waals surface area contributed by atoms with Crippen molar-refractivity contribution >= 4 is 17.0 Å². The Kier molecular flexibility index (Phi) is 2.96. The van der Waals surface area contributed by atoms with Gasteiger partial charge in [0.1, 0.15) is 6.04 Å². The number of hydrogen-bond acceptors (Lipinski definition) is 4. The molecule has 3 N–H and O–H groups in total. The van der Waals surface area contributed by atoms with Crippen molar-refractivity contribution in [2.45, 2.75) is 12.1 Å². The highest BCUT2D eigenvalue weighted by Crippen LogP contribution is 2.23. The number of carboxylic acids is 1. The number of benzene rings is 1. The van der Waals surface area contributed by atoms with Crippen molar-refractivity contribution in [1.29, 1.82) is 0 Å². The minimum absolute atomic E-state index is 0.224. The molecule has 1 aliphatic heterocycles. The maximum atomic E-state index is 11.3. The van der Waals surface area contributed by atoms with E-state index in [1.807, 2.05) is 29.8 Å². The van der Waals surface area contributed by atoms with E-state index in [1.165, 1.54) is 0 Å². The number of nitrogens with zero attached hydrogens (tertiary/aromatic N) is 2. The Labute approximate surface area is 110 Å². The van der Waals surface area contributed by atoms with Crippen LogP contribution < -0.4 is 10.6 Å². The summed E-state index contributed by atoms with van der Waals surface area (Å²) < 4.78 is 1.94. The molecule has 0 aliphatic carbocycles. The Bertz CT molecular complexity index is 622. The van der Waals surface area contributed by atoms with Gasteiger partial charge >= 0.3 is 5.97 Å². The predicted octanol–water partition coefficient (Wildman–Crippen LogP) is 0.260. The summed E-state index contributed by atoms with van der Waals surface area (Å²) in [5.74, 6) is -0.835. The summed E-state index contributed by atoms with van der Waals surface area (Å²) in [6.45, 7) is 1.42. The van der Waals surface area contributed by atoms with E-state index in [0.717, 1.165) is 23.1 Å². The summed E-state index contributed by atoms with van der Waals surface area (Å²) in [6, 6.07) is 5.07. The lowest BCUT2D eigenvalue weighted by Crippen LogP contribution is -2.54. The lowest BCUT2D eigenvalue weighted by molar-refractivity contribution is -0.140. The van der Waals surface area contributed by atoms with Gasteiger partial charge in [0.05, 0.1) is 23.4 Å². The third-order valence-electron chi connectivity index (χ3n) is 3.56. The highest BCUT2D eigenvalue weighted by Gasteiger charge is 2.31. The van der Waals surface area contributed by atoms with Crippen molar-refractivity contribution in [3.8, 4) is 0 Å². The zero-order valence-electron chi connectivity index (χ0n) is 10.6. The molecule has 2 aromatic rings. The van der Waals surface area contributed by atoms with Crippen LogP contribution in [0, 0.1) is 0 Å². The molecule has 3 rings (SSSR count). The van der Waals surface area contributed by atoms with E-state index >= 15 is 0 Å². The van der Waals surface area contributed by atoms with Crippen LogP contribution in [0.4, 0.5) is 0 Å². The summed E-state index contributed by atoms with van der Waals surface area (Å²) >= 11 is 0. The monoisotopic (exact) mass is 260 g/mol. The van der Waals surface area contributed by atoms with Crippen molar-refractivity contribution in [1.82, 2.24) is 20.2 Å². The van der Waals surface area contributed by atoms with Gasteiger partial charge in [0.25, 0.3) is 0 Å². The van der Waals surface area contributed by atoms with Gasteiger partial charge < -0.3 is 20.3 Å². The average molecular weight is 260 g/mol. The Hall–Kier alpha value is -1.92. The maximum absolute atomic E-state index is 11.3. The van der Waals surface area contributed by atoms with Crippen LogP contribution in [0.15, 0.2) is 24.5 Å². The van der Waals surface area contributed by atoms with E-state index in [4.69, 9.17) is 0 Å². The molecule has 2 atom stereocenters. The fraction of sp³-hybridized carbons (Fsp3) is 0.385. The number of aliphatic carboxylic acids is 1. The second kappa shape index (κ2) is 4.64. The second-order valence-electron chi connectivity index (χ2n) is 4.81. The zero-order valence-corrected chi connectivity index (χ0v) is 10.6. The van der Waals surface area contributed by atoms with Gasteiger partial charge in [0.2, 0.25) is 0 Å². The van der Waals surface area contributed by atoms with Gasteiger partial charge in [-0.1, -0.05) is 6.07 Å². The van der Waals surface area contributed by atoms with Crippen LogP contribution in [-0.4, -0.2) is 39.8 Å². The molecule has 2 unspecified atom stereocenters. The number of aryl methyl sites for hydroxylation is 1. The Morgan fingerprint density at radius 2 is 2.21 bits per heavy atom.